The molecule has 0 aliphatic carbocycles. The maximum absolute atomic E-state index is 11.5. The lowest BCUT2D eigenvalue weighted by atomic mass is 10.1. The van der Waals surface area contributed by atoms with Crippen molar-refractivity contribution in [2.45, 2.75) is 23.1 Å². The van der Waals surface area contributed by atoms with E-state index in [0.717, 1.165) is 13.0 Å². The maximum atomic E-state index is 11.5. The quantitative estimate of drug-likeness (QED) is 0.875. The first-order valence-corrected chi connectivity index (χ1v) is 7.21. The maximum Gasteiger partial charge on any atom is 0.360 e. The van der Waals surface area contributed by atoms with Crippen molar-refractivity contribution < 1.29 is 9.53 Å². The number of nitrogen functional groups attached to an aromatic ring is 1. The van der Waals surface area contributed by atoms with Gasteiger partial charge in [0.25, 0.3) is 0 Å². The smallest absolute Gasteiger partial charge is 0.360 e. The van der Waals surface area contributed by atoms with Crippen LogP contribution in [0.15, 0.2) is 35.4 Å². The van der Waals surface area contributed by atoms with Crippen molar-refractivity contribution in [1.29, 1.82) is 0 Å². The van der Waals surface area contributed by atoms with Gasteiger partial charge in [0.05, 0.1) is 19.3 Å². The van der Waals surface area contributed by atoms with Crippen LogP contribution in [-0.4, -0.2) is 28.1 Å². The summed E-state index contributed by atoms with van der Waals surface area (Å²) in [5, 5.41) is 4.62. The Kier molecular flexibility index (Phi) is 3.40. The number of nitrogens with two attached hydrogens (primary N) is 1. The molecule has 1 aliphatic heterocycles. The van der Waals surface area contributed by atoms with Crippen LogP contribution in [0.1, 0.15) is 16.1 Å². The number of nitrogens with zero attached hydrogens (tertiary/aromatic N) is 2. The number of ether oxygens (including phenoxy) is 1. The SMILES string of the molecule is COC(=O)c1nn(CC2Cc3ccccc3S2)cc1N. The molecule has 104 valence electrons. The van der Waals surface area contributed by atoms with Gasteiger partial charge >= 0.3 is 5.97 Å². The predicted molar refractivity (Wildman–Crippen MR) is 77.8 cm³/mol. The molecular weight excluding hydrogens is 274 g/mol. The number of benzene rings is 1. The molecule has 2 heterocycles. The molecule has 20 heavy (non-hydrogen) atoms. The molecule has 6 heteroatoms. The number of carbonyl (C=O) groups excluding carboxylic acids is 1. The van der Waals surface area contributed by atoms with Crippen molar-refractivity contribution in [2.75, 3.05) is 12.8 Å². The van der Waals surface area contributed by atoms with E-state index in [1.54, 1.807) is 10.9 Å². The van der Waals surface area contributed by atoms with Crippen LogP contribution >= 0.6 is 11.8 Å². The number of hydrogen-bond donors (Lipinski definition) is 1. The van der Waals surface area contributed by atoms with E-state index in [9.17, 15) is 4.79 Å². The summed E-state index contributed by atoms with van der Waals surface area (Å²) in [4.78, 5) is 12.8. The number of thioether (sulfide) groups is 1. The van der Waals surface area contributed by atoms with Crippen molar-refractivity contribution in [3.8, 4) is 0 Å². The fourth-order valence-corrected chi connectivity index (χ4v) is 3.66. The third-order valence-corrected chi connectivity index (χ3v) is 4.57. The minimum absolute atomic E-state index is 0.188. The molecule has 1 aromatic heterocycles. The summed E-state index contributed by atoms with van der Waals surface area (Å²) in [6.07, 6.45) is 2.70. The van der Waals surface area contributed by atoms with Crippen LogP contribution in [0.5, 0.6) is 0 Å². The molecule has 1 aliphatic rings. The minimum atomic E-state index is -0.497. The van der Waals surface area contributed by atoms with Crippen LogP contribution in [0.25, 0.3) is 0 Å². The highest BCUT2D eigenvalue weighted by Crippen LogP contribution is 2.37. The lowest BCUT2D eigenvalue weighted by molar-refractivity contribution is 0.0594. The molecule has 0 saturated carbocycles. The van der Waals surface area contributed by atoms with Crippen LogP contribution in [-0.2, 0) is 17.7 Å². The summed E-state index contributed by atoms with van der Waals surface area (Å²) in [6, 6.07) is 8.40. The number of esters is 1. The standard InChI is InChI=1S/C14H15N3O2S/c1-19-14(18)13-11(15)8-17(16-13)7-10-6-9-4-2-3-5-12(9)20-10/h2-5,8,10H,6-7,15H2,1H3. The Morgan fingerprint density at radius 1 is 1.55 bits per heavy atom. The van der Waals surface area contributed by atoms with Gasteiger partial charge in [-0.2, -0.15) is 5.10 Å². The lowest BCUT2D eigenvalue weighted by Crippen LogP contribution is -2.13. The van der Waals surface area contributed by atoms with Gasteiger partial charge in [0.1, 0.15) is 0 Å². The van der Waals surface area contributed by atoms with Crippen molar-refractivity contribution in [1.82, 2.24) is 9.78 Å². The van der Waals surface area contributed by atoms with Gasteiger partial charge in [-0.1, -0.05) is 18.2 Å². The predicted octanol–water partition coefficient (Wildman–Crippen LogP) is 1.97. The monoisotopic (exact) mass is 289 g/mol. The second kappa shape index (κ2) is 5.20. The van der Waals surface area contributed by atoms with E-state index in [0.29, 0.717) is 10.9 Å². The second-order valence-electron chi connectivity index (χ2n) is 4.70. The van der Waals surface area contributed by atoms with Gasteiger partial charge in [0.2, 0.25) is 0 Å². The Morgan fingerprint density at radius 2 is 2.35 bits per heavy atom. The molecule has 2 aromatic rings. The first kappa shape index (κ1) is 13.1. The van der Waals surface area contributed by atoms with E-state index >= 15 is 0 Å². The van der Waals surface area contributed by atoms with Gasteiger partial charge in [0, 0.05) is 16.3 Å². The fraction of sp³-hybridized carbons (Fsp3) is 0.286. The molecule has 0 saturated heterocycles. The Bertz CT molecular complexity index is 629. The van der Waals surface area contributed by atoms with Gasteiger partial charge in [-0.05, 0) is 18.1 Å². The summed E-state index contributed by atoms with van der Waals surface area (Å²) in [5.74, 6) is -0.497. The zero-order valence-corrected chi connectivity index (χ0v) is 11.9. The molecule has 0 radical (unpaired) electrons. The third-order valence-electron chi connectivity index (χ3n) is 3.27. The topological polar surface area (TPSA) is 70.1 Å². The molecule has 5 nitrogen and oxygen atoms in total. The molecule has 1 atom stereocenters. The van der Waals surface area contributed by atoms with Crippen molar-refractivity contribution in [2.24, 2.45) is 0 Å². The zero-order valence-electron chi connectivity index (χ0n) is 11.1. The number of rotatable bonds is 3. The summed E-state index contributed by atoms with van der Waals surface area (Å²) in [5.41, 5.74) is 7.70. The number of methoxy groups -OCH3 is 1. The first-order chi connectivity index (χ1) is 9.67. The minimum Gasteiger partial charge on any atom is -0.464 e. The van der Waals surface area contributed by atoms with E-state index in [1.807, 2.05) is 11.8 Å². The first-order valence-electron chi connectivity index (χ1n) is 6.33. The lowest BCUT2D eigenvalue weighted by Gasteiger charge is -2.07. The molecule has 3 rings (SSSR count). The average molecular weight is 289 g/mol. The van der Waals surface area contributed by atoms with Gasteiger partial charge < -0.3 is 10.5 Å². The molecule has 0 fully saturated rings. The number of fused-ring (bicyclic) bond motifs is 1. The molecule has 1 aromatic carbocycles. The highest BCUT2D eigenvalue weighted by atomic mass is 32.2. The van der Waals surface area contributed by atoms with Crippen molar-refractivity contribution in [3.05, 3.63) is 41.7 Å². The van der Waals surface area contributed by atoms with Crippen LogP contribution in [0.3, 0.4) is 0 Å². The Hall–Kier alpha value is -1.95. The van der Waals surface area contributed by atoms with Gasteiger partial charge in [-0.25, -0.2) is 4.79 Å². The highest BCUT2D eigenvalue weighted by Gasteiger charge is 2.23. The summed E-state index contributed by atoms with van der Waals surface area (Å²) in [6.45, 7) is 0.723. The summed E-state index contributed by atoms with van der Waals surface area (Å²) in [7, 11) is 1.32. The zero-order chi connectivity index (χ0) is 14.1. The Labute approximate surface area is 121 Å². The Morgan fingerprint density at radius 3 is 3.10 bits per heavy atom. The van der Waals surface area contributed by atoms with Crippen LogP contribution in [0.2, 0.25) is 0 Å². The molecule has 2 N–H and O–H groups in total. The molecule has 0 bridgehead atoms. The van der Waals surface area contributed by atoms with E-state index in [-0.39, 0.29) is 5.69 Å². The second-order valence-corrected chi connectivity index (χ2v) is 6.04. The number of aromatic nitrogens is 2. The summed E-state index contributed by atoms with van der Waals surface area (Å²) < 4.78 is 6.38. The number of anilines is 1. The van der Waals surface area contributed by atoms with Gasteiger partial charge in [-0.3, -0.25) is 4.68 Å². The van der Waals surface area contributed by atoms with E-state index in [2.05, 4.69) is 34.1 Å². The fourth-order valence-electron chi connectivity index (χ4n) is 2.35. The van der Waals surface area contributed by atoms with Crippen LogP contribution in [0.4, 0.5) is 5.69 Å². The van der Waals surface area contributed by atoms with E-state index in [4.69, 9.17) is 5.73 Å². The van der Waals surface area contributed by atoms with E-state index in [1.165, 1.54) is 17.6 Å². The van der Waals surface area contributed by atoms with Crippen LogP contribution < -0.4 is 5.73 Å². The largest absolute Gasteiger partial charge is 0.464 e. The van der Waals surface area contributed by atoms with Gasteiger partial charge in [-0.15, -0.1) is 11.8 Å². The van der Waals surface area contributed by atoms with Crippen molar-refractivity contribution >= 4 is 23.4 Å². The van der Waals surface area contributed by atoms with Crippen LogP contribution in [0, 0.1) is 0 Å². The molecule has 0 spiro atoms. The molecular formula is C14H15N3O2S. The van der Waals surface area contributed by atoms with Gasteiger partial charge in [0.15, 0.2) is 5.69 Å². The van der Waals surface area contributed by atoms with Crippen molar-refractivity contribution in [3.63, 3.8) is 0 Å². The molecule has 0 amide bonds. The third kappa shape index (κ3) is 2.38. The number of hydrogen-bond acceptors (Lipinski definition) is 5. The summed E-state index contributed by atoms with van der Waals surface area (Å²) >= 11 is 1.84. The average Bonchev–Trinajstić information content (AvgIpc) is 3.01. The number of carbonyl (C=O) groups is 1. The van der Waals surface area contributed by atoms with E-state index < -0.39 is 5.97 Å². The Balaban J connectivity index is 1.73. The molecule has 1 unspecified atom stereocenters. The normalized spacial score (nSPS) is 16.9. The highest BCUT2D eigenvalue weighted by molar-refractivity contribution is 8.00.